The molecular formula is C16H29N3O7. The van der Waals surface area contributed by atoms with Crippen molar-refractivity contribution in [1.29, 1.82) is 0 Å². The summed E-state index contributed by atoms with van der Waals surface area (Å²) in [6.07, 6.45) is -1.15. The summed E-state index contributed by atoms with van der Waals surface area (Å²) in [7, 11) is 1.29. The normalized spacial score (nSPS) is 11.0. The van der Waals surface area contributed by atoms with Crippen LogP contribution >= 0.6 is 0 Å². The lowest BCUT2D eigenvalue weighted by atomic mass is 10.2. The molecule has 0 aromatic carbocycles. The molecule has 150 valence electrons. The maximum Gasteiger partial charge on any atom is 0.414 e. The molecule has 10 nitrogen and oxygen atoms in total. The molecule has 0 atom stereocenters. The zero-order valence-electron chi connectivity index (χ0n) is 16.4. The van der Waals surface area contributed by atoms with Crippen LogP contribution in [0.2, 0.25) is 0 Å². The number of hydrogen-bond donors (Lipinski definition) is 2. The summed E-state index contributed by atoms with van der Waals surface area (Å²) in [5, 5.41) is 8.15. The van der Waals surface area contributed by atoms with Gasteiger partial charge in [0.25, 0.3) is 5.96 Å². The van der Waals surface area contributed by atoms with Gasteiger partial charge in [-0.3, -0.25) is 15.4 Å². The van der Waals surface area contributed by atoms with E-state index in [0.717, 1.165) is 0 Å². The first-order valence-corrected chi connectivity index (χ1v) is 8.09. The van der Waals surface area contributed by atoms with E-state index < -0.39 is 23.4 Å². The standard InChI is InChI=1S/C16H29N3O7/c1-15(2,3)25-13(21)17-12(18-14(22)26-16(4,5)6)19-24-10-8-9-11(20)23-7/h8-10H2,1-7H3,(H2,17,18,19,21,22). The molecule has 0 saturated carbocycles. The Labute approximate surface area is 153 Å². The highest BCUT2D eigenvalue weighted by atomic mass is 16.6. The van der Waals surface area contributed by atoms with Crippen molar-refractivity contribution in [3.63, 3.8) is 0 Å². The molecule has 0 heterocycles. The van der Waals surface area contributed by atoms with E-state index in [-0.39, 0.29) is 25.0 Å². The van der Waals surface area contributed by atoms with E-state index in [4.69, 9.17) is 14.3 Å². The van der Waals surface area contributed by atoms with Gasteiger partial charge in [0.2, 0.25) is 0 Å². The van der Waals surface area contributed by atoms with Gasteiger partial charge in [-0.25, -0.2) is 9.59 Å². The van der Waals surface area contributed by atoms with E-state index >= 15 is 0 Å². The largest absolute Gasteiger partial charge is 0.469 e. The van der Waals surface area contributed by atoms with Gasteiger partial charge in [0, 0.05) is 6.42 Å². The molecule has 0 unspecified atom stereocenters. The quantitative estimate of drug-likeness (QED) is 0.189. The van der Waals surface area contributed by atoms with Gasteiger partial charge in [-0.15, -0.1) is 0 Å². The minimum absolute atomic E-state index is 0.0740. The van der Waals surface area contributed by atoms with E-state index in [0.29, 0.717) is 6.42 Å². The minimum atomic E-state index is -0.828. The van der Waals surface area contributed by atoms with Crippen LogP contribution in [0.5, 0.6) is 0 Å². The number of nitrogens with zero attached hydrogens (tertiary/aromatic N) is 1. The second kappa shape index (κ2) is 10.5. The van der Waals surface area contributed by atoms with Gasteiger partial charge < -0.3 is 19.0 Å². The summed E-state index contributed by atoms with van der Waals surface area (Å²) in [5.74, 6) is -0.678. The number of ether oxygens (including phenoxy) is 3. The van der Waals surface area contributed by atoms with Crippen molar-refractivity contribution < 1.29 is 33.4 Å². The molecule has 0 bridgehead atoms. The number of carbonyl (C=O) groups is 3. The van der Waals surface area contributed by atoms with Gasteiger partial charge in [-0.1, -0.05) is 0 Å². The predicted molar refractivity (Wildman–Crippen MR) is 93.4 cm³/mol. The number of nitrogens with one attached hydrogen (secondary N) is 2. The highest BCUT2D eigenvalue weighted by Gasteiger charge is 2.21. The number of amides is 2. The van der Waals surface area contributed by atoms with Crippen LogP contribution in [0.15, 0.2) is 5.16 Å². The summed E-state index contributed by atoms with van der Waals surface area (Å²) in [6.45, 7) is 10.2. The number of hydrogen-bond acceptors (Lipinski definition) is 8. The Morgan fingerprint density at radius 1 is 0.885 bits per heavy atom. The maximum absolute atomic E-state index is 11.8. The highest BCUT2D eigenvalue weighted by molar-refractivity contribution is 6.01. The fourth-order valence-corrected chi connectivity index (χ4v) is 1.37. The third-order valence-electron chi connectivity index (χ3n) is 2.24. The SMILES string of the molecule is COC(=O)CCCON=C(NC(=O)OC(C)(C)C)NC(=O)OC(C)(C)C. The van der Waals surface area contributed by atoms with Gasteiger partial charge in [-0.2, -0.15) is 0 Å². The van der Waals surface area contributed by atoms with Crippen molar-refractivity contribution in [1.82, 2.24) is 10.6 Å². The van der Waals surface area contributed by atoms with Crippen LogP contribution in [0.3, 0.4) is 0 Å². The van der Waals surface area contributed by atoms with Crippen LogP contribution in [-0.2, 0) is 23.8 Å². The lowest BCUT2D eigenvalue weighted by Gasteiger charge is -2.21. The van der Waals surface area contributed by atoms with E-state index in [2.05, 4.69) is 20.5 Å². The van der Waals surface area contributed by atoms with E-state index in [9.17, 15) is 14.4 Å². The first-order chi connectivity index (χ1) is 11.8. The lowest BCUT2D eigenvalue weighted by Crippen LogP contribution is -2.47. The fraction of sp³-hybridized carbons (Fsp3) is 0.750. The zero-order chi connectivity index (χ0) is 20.4. The van der Waals surface area contributed by atoms with E-state index in [1.807, 2.05) is 0 Å². The van der Waals surface area contributed by atoms with Crippen LogP contribution in [-0.4, -0.2) is 49.0 Å². The van der Waals surface area contributed by atoms with Crippen molar-refractivity contribution in [2.24, 2.45) is 5.16 Å². The molecule has 0 fully saturated rings. The highest BCUT2D eigenvalue weighted by Crippen LogP contribution is 2.07. The Balaban J connectivity index is 4.76. The molecule has 0 rings (SSSR count). The Morgan fingerprint density at radius 3 is 1.73 bits per heavy atom. The monoisotopic (exact) mass is 375 g/mol. The number of methoxy groups -OCH3 is 1. The lowest BCUT2D eigenvalue weighted by molar-refractivity contribution is -0.141. The van der Waals surface area contributed by atoms with Crippen molar-refractivity contribution in [2.75, 3.05) is 13.7 Å². The first-order valence-electron chi connectivity index (χ1n) is 8.09. The van der Waals surface area contributed by atoms with Crippen LogP contribution in [0.1, 0.15) is 54.4 Å². The van der Waals surface area contributed by atoms with E-state index in [1.54, 1.807) is 41.5 Å². The van der Waals surface area contributed by atoms with Crippen LogP contribution in [0, 0.1) is 0 Å². The van der Waals surface area contributed by atoms with Gasteiger partial charge in [0.1, 0.15) is 17.8 Å². The summed E-state index contributed by atoms with van der Waals surface area (Å²) >= 11 is 0. The summed E-state index contributed by atoms with van der Waals surface area (Å²) < 4.78 is 14.7. The molecule has 2 amide bonds. The molecule has 0 aliphatic rings. The van der Waals surface area contributed by atoms with Crippen LogP contribution < -0.4 is 10.6 Å². The molecule has 0 spiro atoms. The summed E-state index contributed by atoms with van der Waals surface area (Å²) in [6, 6.07) is 0. The molecule has 0 radical (unpaired) electrons. The third kappa shape index (κ3) is 13.9. The zero-order valence-corrected chi connectivity index (χ0v) is 16.4. The molecule has 0 aromatic heterocycles. The maximum atomic E-state index is 11.8. The molecule has 0 saturated heterocycles. The number of carbonyl (C=O) groups excluding carboxylic acids is 3. The number of guanidine groups is 1. The molecule has 0 aliphatic heterocycles. The molecule has 0 aromatic rings. The molecule has 2 N–H and O–H groups in total. The van der Waals surface area contributed by atoms with Crippen molar-refractivity contribution in [2.45, 2.75) is 65.6 Å². The summed E-state index contributed by atoms with van der Waals surface area (Å²) in [5.41, 5.74) is -1.47. The van der Waals surface area contributed by atoms with Gasteiger partial charge >= 0.3 is 18.2 Å². The van der Waals surface area contributed by atoms with Crippen molar-refractivity contribution >= 4 is 24.1 Å². The van der Waals surface area contributed by atoms with Crippen molar-refractivity contribution in [3.05, 3.63) is 0 Å². The Hall–Kier alpha value is -2.52. The van der Waals surface area contributed by atoms with Crippen LogP contribution in [0.4, 0.5) is 9.59 Å². The first kappa shape index (κ1) is 23.5. The molecule has 26 heavy (non-hydrogen) atoms. The van der Waals surface area contributed by atoms with Crippen LogP contribution in [0.25, 0.3) is 0 Å². The predicted octanol–water partition coefficient (Wildman–Crippen LogP) is 2.28. The Kier molecular flexibility index (Phi) is 9.45. The van der Waals surface area contributed by atoms with Gasteiger partial charge in [-0.05, 0) is 53.1 Å². The van der Waals surface area contributed by atoms with Crippen molar-refractivity contribution in [3.8, 4) is 0 Å². The van der Waals surface area contributed by atoms with Gasteiger partial charge in [0.05, 0.1) is 7.11 Å². The number of rotatable bonds is 5. The molecular weight excluding hydrogens is 346 g/mol. The summed E-state index contributed by atoms with van der Waals surface area (Å²) in [4.78, 5) is 39.7. The Morgan fingerprint density at radius 2 is 1.35 bits per heavy atom. The topological polar surface area (TPSA) is 125 Å². The average Bonchev–Trinajstić information content (AvgIpc) is 2.42. The van der Waals surface area contributed by atoms with Gasteiger partial charge in [0.15, 0.2) is 0 Å². The number of esters is 1. The fourth-order valence-electron chi connectivity index (χ4n) is 1.37. The smallest absolute Gasteiger partial charge is 0.414 e. The number of alkyl carbamates (subject to hydrolysis) is 2. The molecule has 0 aliphatic carbocycles. The minimum Gasteiger partial charge on any atom is -0.469 e. The second-order valence-corrected chi connectivity index (χ2v) is 7.21. The third-order valence-corrected chi connectivity index (χ3v) is 2.24. The second-order valence-electron chi connectivity index (χ2n) is 7.21. The average molecular weight is 375 g/mol. The van der Waals surface area contributed by atoms with E-state index in [1.165, 1.54) is 7.11 Å². The number of oxime groups is 1. The molecule has 10 heteroatoms. The Bertz CT molecular complexity index is 487.